The Kier molecular flexibility index (Phi) is 6.00. The van der Waals surface area contributed by atoms with E-state index in [0.717, 1.165) is 11.4 Å². The molecule has 7 nitrogen and oxygen atoms in total. The lowest BCUT2D eigenvalue weighted by atomic mass is 9.76. The molecule has 1 fully saturated rings. The number of rotatable bonds is 8. The zero-order valence-electron chi connectivity index (χ0n) is 15.3. The van der Waals surface area contributed by atoms with Gasteiger partial charge in [-0.2, -0.15) is 5.10 Å². The summed E-state index contributed by atoms with van der Waals surface area (Å²) in [6, 6.07) is 7.24. The van der Waals surface area contributed by atoms with Gasteiger partial charge in [0.1, 0.15) is 5.69 Å². The number of nitrogens with one attached hydrogen (secondary N) is 1. The first-order valence-corrected chi connectivity index (χ1v) is 9.10. The highest BCUT2D eigenvalue weighted by Crippen LogP contribution is 2.37. The molecule has 3 rings (SSSR count). The van der Waals surface area contributed by atoms with Crippen LogP contribution in [-0.4, -0.2) is 45.1 Å². The van der Waals surface area contributed by atoms with Crippen LogP contribution in [0.1, 0.15) is 47.7 Å². The molecule has 1 aliphatic rings. The summed E-state index contributed by atoms with van der Waals surface area (Å²) in [5.41, 5.74) is 2.12. The van der Waals surface area contributed by atoms with Crippen molar-refractivity contribution in [1.82, 2.24) is 20.1 Å². The van der Waals surface area contributed by atoms with E-state index in [1.807, 2.05) is 32.0 Å². The van der Waals surface area contributed by atoms with Gasteiger partial charge in [-0.15, -0.1) is 0 Å². The van der Waals surface area contributed by atoms with Crippen molar-refractivity contribution in [2.24, 2.45) is 5.92 Å². The van der Waals surface area contributed by atoms with Crippen molar-refractivity contribution in [3.8, 4) is 0 Å². The van der Waals surface area contributed by atoms with Crippen LogP contribution in [0.4, 0.5) is 0 Å². The highest BCUT2D eigenvalue weighted by Gasteiger charge is 2.36. The second kappa shape index (κ2) is 8.42. The monoisotopic (exact) mass is 358 g/mol. The minimum absolute atomic E-state index is 0.181. The van der Waals surface area contributed by atoms with Crippen molar-refractivity contribution in [1.29, 1.82) is 0 Å². The van der Waals surface area contributed by atoms with Crippen LogP contribution in [0.3, 0.4) is 0 Å². The van der Waals surface area contributed by atoms with Gasteiger partial charge in [-0.05, 0) is 50.8 Å². The third kappa shape index (κ3) is 4.28. The molecule has 0 aromatic carbocycles. The predicted octanol–water partition coefficient (Wildman–Crippen LogP) is 1.87. The number of amides is 1. The maximum Gasteiger partial charge on any atom is 0.270 e. The van der Waals surface area contributed by atoms with Crippen LogP contribution in [0.2, 0.25) is 0 Å². The maximum atomic E-state index is 12.9. The van der Waals surface area contributed by atoms with E-state index in [2.05, 4.69) is 15.4 Å². The predicted molar refractivity (Wildman–Crippen MR) is 96.6 cm³/mol. The van der Waals surface area contributed by atoms with Crippen LogP contribution in [0.5, 0.6) is 0 Å². The summed E-state index contributed by atoms with van der Waals surface area (Å²) < 4.78 is 7.06. The Morgan fingerprint density at radius 3 is 2.92 bits per heavy atom. The van der Waals surface area contributed by atoms with Crippen molar-refractivity contribution < 1.29 is 14.6 Å². The zero-order valence-corrected chi connectivity index (χ0v) is 15.3. The van der Waals surface area contributed by atoms with Crippen LogP contribution in [0.25, 0.3) is 0 Å². The molecule has 140 valence electrons. The average molecular weight is 358 g/mol. The van der Waals surface area contributed by atoms with Crippen molar-refractivity contribution in [3.05, 3.63) is 47.5 Å². The van der Waals surface area contributed by atoms with E-state index in [1.54, 1.807) is 16.9 Å². The van der Waals surface area contributed by atoms with Crippen LogP contribution in [0.15, 0.2) is 30.5 Å². The van der Waals surface area contributed by atoms with Gasteiger partial charge >= 0.3 is 0 Å². The third-order valence-corrected chi connectivity index (χ3v) is 4.70. The SMILES string of the molecule is CCOCCn1nc(C)cc1C(=O)N[C@H](c1ccccn1)C1CC(O)C1. The fourth-order valence-corrected chi connectivity index (χ4v) is 3.30. The molecule has 26 heavy (non-hydrogen) atoms. The number of carbonyl (C=O) groups is 1. The van der Waals surface area contributed by atoms with E-state index in [9.17, 15) is 9.90 Å². The Hall–Kier alpha value is -2.25. The molecule has 2 aromatic heterocycles. The lowest BCUT2D eigenvalue weighted by Crippen LogP contribution is -2.42. The largest absolute Gasteiger partial charge is 0.393 e. The number of pyridine rings is 1. The molecule has 0 spiro atoms. The van der Waals surface area contributed by atoms with Gasteiger partial charge in [-0.3, -0.25) is 14.5 Å². The molecule has 7 heteroatoms. The van der Waals surface area contributed by atoms with Gasteiger partial charge in [0.15, 0.2) is 0 Å². The maximum absolute atomic E-state index is 12.9. The zero-order chi connectivity index (χ0) is 18.5. The van der Waals surface area contributed by atoms with Gasteiger partial charge in [0.25, 0.3) is 5.91 Å². The highest BCUT2D eigenvalue weighted by molar-refractivity contribution is 5.93. The van der Waals surface area contributed by atoms with Gasteiger partial charge in [0.2, 0.25) is 0 Å². The standard InChI is InChI=1S/C19H26N4O3/c1-3-26-9-8-23-17(10-13(2)22-23)19(25)21-18(14-11-15(24)12-14)16-6-4-5-7-20-16/h4-7,10,14-15,18,24H,3,8-9,11-12H2,1-2H3,(H,21,25)/t14?,15?,18-/m0/s1. The average Bonchev–Trinajstić information content (AvgIpc) is 2.99. The minimum atomic E-state index is -0.290. The second-order valence-corrected chi connectivity index (χ2v) is 6.68. The second-order valence-electron chi connectivity index (χ2n) is 6.68. The molecule has 1 amide bonds. The molecular weight excluding hydrogens is 332 g/mol. The molecule has 2 aromatic rings. The molecule has 1 saturated carbocycles. The summed E-state index contributed by atoms with van der Waals surface area (Å²) in [7, 11) is 0. The number of carbonyl (C=O) groups excluding carboxylic acids is 1. The Balaban J connectivity index is 1.76. The summed E-state index contributed by atoms with van der Waals surface area (Å²) in [5, 5.41) is 17.2. The normalized spacial score (nSPS) is 20.4. The quantitative estimate of drug-likeness (QED) is 0.703. The summed E-state index contributed by atoms with van der Waals surface area (Å²) in [5.74, 6) is 0.00360. The number of hydrogen-bond donors (Lipinski definition) is 2. The third-order valence-electron chi connectivity index (χ3n) is 4.70. The molecule has 0 bridgehead atoms. The number of aliphatic hydroxyl groups is 1. The Morgan fingerprint density at radius 2 is 2.27 bits per heavy atom. The summed E-state index contributed by atoms with van der Waals surface area (Å²) in [6.45, 7) is 5.48. The highest BCUT2D eigenvalue weighted by atomic mass is 16.5. The van der Waals surface area contributed by atoms with Crippen molar-refractivity contribution in [3.63, 3.8) is 0 Å². The Bertz CT molecular complexity index is 726. The van der Waals surface area contributed by atoms with Crippen LogP contribution >= 0.6 is 0 Å². The van der Waals surface area contributed by atoms with Gasteiger partial charge in [-0.25, -0.2) is 0 Å². The van der Waals surface area contributed by atoms with Crippen molar-refractivity contribution in [2.45, 2.75) is 45.4 Å². The van der Waals surface area contributed by atoms with Crippen molar-refractivity contribution >= 4 is 5.91 Å². The molecule has 0 aliphatic heterocycles. The van der Waals surface area contributed by atoms with E-state index < -0.39 is 0 Å². The first kappa shape index (κ1) is 18.5. The summed E-state index contributed by atoms with van der Waals surface area (Å²) in [6.07, 6.45) is 2.77. The molecule has 1 aliphatic carbocycles. The number of hydrogen-bond acceptors (Lipinski definition) is 5. The van der Waals surface area contributed by atoms with Crippen LogP contribution < -0.4 is 5.32 Å². The van der Waals surface area contributed by atoms with Crippen LogP contribution in [-0.2, 0) is 11.3 Å². The first-order chi connectivity index (χ1) is 12.6. The molecule has 0 radical (unpaired) electrons. The van der Waals surface area contributed by atoms with Gasteiger partial charge in [0, 0.05) is 12.8 Å². The molecule has 0 unspecified atom stereocenters. The van der Waals surface area contributed by atoms with Gasteiger partial charge < -0.3 is 15.2 Å². The van der Waals surface area contributed by atoms with E-state index in [-0.39, 0.29) is 24.0 Å². The molecule has 0 saturated heterocycles. The molecule has 2 N–H and O–H groups in total. The molecule has 1 atom stereocenters. The molecule has 2 heterocycles. The lowest BCUT2D eigenvalue weighted by Gasteiger charge is -2.37. The van der Waals surface area contributed by atoms with E-state index >= 15 is 0 Å². The fraction of sp³-hybridized carbons (Fsp3) is 0.526. The van der Waals surface area contributed by atoms with E-state index in [0.29, 0.717) is 38.3 Å². The lowest BCUT2D eigenvalue weighted by molar-refractivity contribution is 0.0227. The Morgan fingerprint density at radius 1 is 1.46 bits per heavy atom. The summed E-state index contributed by atoms with van der Waals surface area (Å²) in [4.78, 5) is 17.3. The number of aromatic nitrogens is 3. The van der Waals surface area contributed by atoms with Crippen LogP contribution in [0, 0.1) is 12.8 Å². The number of nitrogens with zero attached hydrogens (tertiary/aromatic N) is 3. The summed E-state index contributed by atoms with van der Waals surface area (Å²) >= 11 is 0. The van der Waals surface area contributed by atoms with Crippen molar-refractivity contribution in [2.75, 3.05) is 13.2 Å². The first-order valence-electron chi connectivity index (χ1n) is 9.10. The Labute approximate surface area is 153 Å². The number of aryl methyl sites for hydroxylation is 1. The number of ether oxygens (including phenoxy) is 1. The molecular formula is C19H26N4O3. The van der Waals surface area contributed by atoms with E-state index in [1.165, 1.54) is 0 Å². The number of aliphatic hydroxyl groups excluding tert-OH is 1. The minimum Gasteiger partial charge on any atom is -0.393 e. The van der Waals surface area contributed by atoms with Gasteiger partial charge in [0.05, 0.1) is 36.7 Å². The topological polar surface area (TPSA) is 89.3 Å². The van der Waals surface area contributed by atoms with Gasteiger partial charge in [-0.1, -0.05) is 6.07 Å². The smallest absolute Gasteiger partial charge is 0.270 e. The van der Waals surface area contributed by atoms with E-state index in [4.69, 9.17) is 4.74 Å². The fourth-order valence-electron chi connectivity index (χ4n) is 3.30.